The average Bonchev–Trinajstić information content (AvgIpc) is 3.17. The minimum Gasteiger partial charge on any atom is -0.358 e. The van der Waals surface area contributed by atoms with Crippen molar-refractivity contribution in [3.63, 3.8) is 0 Å². The topological polar surface area (TPSA) is 0 Å². The summed E-state index contributed by atoms with van der Waals surface area (Å²) in [7, 11) is 0.750. The zero-order valence-electron chi connectivity index (χ0n) is 16.0. The molecule has 0 bridgehead atoms. The monoisotopic (exact) mass is 417 g/mol. The molecule has 4 rings (SSSR count). The minimum atomic E-state index is 0. The number of hydrogen-bond acceptors (Lipinski definition) is 0. The molecule has 4 aliphatic carbocycles. The van der Waals surface area contributed by atoms with Gasteiger partial charge in [0.15, 0.2) is 0 Å². The Morgan fingerprint density at radius 3 is 1.38 bits per heavy atom. The normalized spacial score (nSPS) is 30.1. The minimum absolute atomic E-state index is 0. The van der Waals surface area contributed by atoms with Crippen LogP contribution in [-0.4, -0.2) is 9.52 Å². The summed E-state index contributed by atoms with van der Waals surface area (Å²) in [6.45, 7) is 4.42. The van der Waals surface area contributed by atoms with Crippen LogP contribution in [0.4, 0.5) is 0 Å². The first-order chi connectivity index (χ1) is 10.3. The number of allylic oxidation sites excluding steroid dienone is 8. The van der Waals surface area contributed by atoms with E-state index in [1.54, 1.807) is 0 Å². The van der Waals surface area contributed by atoms with Crippen molar-refractivity contribution in [1.29, 1.82) is 0 Å². The SMILES string of the molecule is C1=CC2[CH-]CCC2C=C1.C1=CC2[CH-]CCC2C=C1.C[SiH]C.[CH3-].[CH3-].[Zr+4]. The van der Waals surface area contributed by atoms with Crippen LogP contribution in [-0.2, 0) is 26.2 Å². The summed E-state index contributed by atoms with van der Waals surface area (Å²) >= 11 is 0. The van der Waals surface area contributed by atoms with Crippen LogP contribution in [0.2, 0.25) is 13.1 Å². The Bertz CT molecular complexity index is 334. The van der Waals surface area contributed by atoms with E-state index in [2.05, 4.69) is 74.5 Å². The van der Waals surface area contributed by atoms with Crippen molar-refractivity contribution < 1.29 is 26.2 Å². The molecule has 0 aliphatic heterocycles. The van der Waals surface area contributed by atoms with Crippen molar-refractivity contribution in [2.75, 3.05) is 0 Å². The van der Waals surface area contributed by atoms with Gasteiger partial charge in [-0.1, -0.05) is 62.4 Å². The molecule has 0 heterocycles. The standard InChI is InChI=1S/2C9H11.C2H7Si.2CH3.Zr/c2*1-2-5-9-7-3-6-8(9)4-1;1-3-2;;;/h2*1-2,4-6,8-9H,3,7H2;3H,1-2H3;2*1H3;/q2*-1;;2*-1;+4. The van der Waals surface area contributed by atoms with E-state index in [0.29, 0.717) is 0 Å². The maximum absolute atomic E-state index is 2.42. The fourth-order valence-electron chi connectivity index (χ4n) is 3.39. The van der Waals surface area contributed by atoms with Crippen LogP contribution >= 0.6 is 0 Å². The van der Waals surface area contributed by atoms with E-state index in [1.807, 2.05) is 0 Å². The second-order valence-electron chi connectivity index (χ2n) is 6.23. The Kier molecular flexibility index (Phi) is 16.8. The molecule has 0 aromatic carbocycles. The van der Waals surface area contributed by atoms with Crippen molar-refractivity contribution in [2.24, 2.45) is 23.7 Å². The quantitative estimate of drug-likeness (QED) is 0.329. The van der Waals surface area contributed by atoms with Crippen molar-refractivity contribution >= 4 is 9.52 Å². The molecule has 2 fully saturated rings. The van der Waals surface area contributed by atoms with Crippen LogP contribution in [0.5, 0.6) is 0 Å². The van der Waals surface area contributed by atoms with Gasteiger partial charge in [-0.3, -0.25) is 0 Å². The van der Waals surface area contributed by atoms with E-state index in [4.69, 9.17) is 0 Å². The third kappa shape index (κ3) is 8.43. The Labute approximate surface area is 173 Å². The molecule has 0 aromatic rings. The number of rotatable bonds is 0. The molecule has 24 heavy (non-hydrogen) atoms. The predicted octanol–water partition coefficient (Wildman–Crippen LogP) is 6.10. The van der Waals surface area contributed by atoms with Gasteiger partial charge in [0.05, 0.1) is 0 Å². The van der Waals surface area contributed by atoms with Crippen LogP contribution < -0.4 is 0 Å². The van der Waals surface area contributed by atoms with Gasteiger partial charge in [0, 0.05) is 9.52 Å². The van der Waals surface area contributed by atoms with E-state index in [0.717, 1.165) is 33.2 Å². The van der Waals surface area contributed by atoms with Crippen molar-refractivity contribution in [2.45, 2.75) is 38.8 Å². The van der Waals surface area contributed by atoms with Gasteiger partial charge >= 0.3 is 26.2 Å². The van der Waals surface area contributed by atoms with Gasteiger partial charge < -0.3 is 27.7 Å². The first kappa shape index (κ1) is 26.3. The smallest absolute Gasteiger partial charge is 0.358 e. The van der Waals surface area contributed by atoms with Crippen LogP contribution in [0.1, 0.15) is 25.7 Å². The van der Waals surface area contributed by atoms with Gasteiger partial charge in [-0.05, 0) is 11.8 Å². The fourth-order valence-corrected chi connectivity index (χ4v) is 3.39. The Balaban J connectivity index is 0. The van der Waals surface area contributed by atoms with Crippen LogP contribution in [0.15, 0.2) is 48.6 Å². The summed E-state index contributed by atoms with van der Waals surface area (Å²) in [5.41, 5.74) is 0. The third-order valence-corrected chi connectivity index (χ3v) is 4.47. The molecule has 0 aromatic heterocycles. The first-order valence-electron chi connectivity index (χ1n) is 8.45. The van der Waals surface area contributed by atoms with Gasteiger partial charge in [0.2, 0.25) is 0 Å². The Hall–Kier alpha value is 0.0600. The molecule has 0 nitrogen and oxygen atoms in total. The predicted molar refractivity (Wildman–Crippen MR) is 109 cm³/mol. The maximum Gasteiger partial charge on any atom is 4.00 e. The molecule has 0 spiro atoms. The average molecular weight is 419 g/mol. The zero-order valence-corrected chi connectivity index (χ0v) is 19.6. The second-order valence-corrected chi connectivity index (χ2v) is 7.38. The fraction of sp³-hybridized carbons (Fsp3) is 0.455. The van der Waals surface area contributed by atoms with Gasteiger partial charge in [-0.15, -0.1) is 24.0 Å². The molecule has 4 aliphatic rings. The first-order valence-corrected chi connectivity index (χ1v) is 10.8. The summed E-state index contributed by atoms with van der Waals surface area (Å²) in [5, 5.41) is 0. The largest absolute Gasteiger partial charge is 4.00 e. The second kappa shape index (κ2) is 15.3. The summed E-state index contributed by atoms with van der Waals surface area (Å²) in [6, 6.07) is 0. The molecule has 2 saturated carbocycles. The van der Waals surface area contributed by atoms with E-state index >= 15 is 0 Å². The number of hydrogen-bond donors (Lipinski definition) is 0. The van der Waals surface area contributed by atoms with Crippen LogP contribution in [0.25, 0.3) is 0 Å². The molecule has 2 heteroatoms. The van der Waals surface area contributed by atoms with Gasteiger partial charge in [-0.2, -0.15) is 12.8 Å². The Morgan fingerprint density at radius 1 is 0.708 bits per heavy atom. The summed E-state index contributed by atoms with van der Waals surface area (Å²) in [5.74, 6) is 3.23. The molecule has 1 radical (unpaired) electrons. The molecular weight excluding hydrogens is 384 g/mol. The number of fused-ring (bicyclic) bond motifs is 2. The van der Waals surface area contributed by atoms with Crippen molar-refractivity contribution in [3.8, 4) is 0 Å². The van der Waals surface area contributed by atoms with Crippen LogP contribution in [0.3, 0.4) is 0 Å². The molecule has 4 unspecified atom stereocenters. The molecular formula is C22H35SiZr. The molecule has 0 saturated heterocycles. The molecule has 4 atom stereocenters. The van der Waals surface area contributed by atoms with E-state index in [9.17, 15) is 0 Å². The summed E-state index contributed by atoms with van der Waals surface area (Å²) < 4.78 is 0. The summed E-state index contributed by atoms with van der Waals surface area (Å²) in [6.07, 6.45) is 28.1. The maximum atomic E-state index is 2.42. The van der Waals surface area contributed by atoms with Gasteiger partial charge in [-0.25, -0.2) is 0 Å². The van der Waals surface area contributed by atoms with Gasteiger partial charge in [0.25, 0.3) is 0 Å². The summed E-state index contributed by atoms with van der Waals surface area (Å²) in [4.78, 5) is 0. The molecule has 0 N–H and O–H groups in total. The van der Waals surface area contributed by atoms with E-state index < -0.39 is 0 Å². The van der Waals surface area contributed by atoms with Crippen molar-refractivity contribution in [3.05, 3.63) is 76.3 Å². The van der Waals surface area contributed by atoms with Crippen molar-refractivity contribution in [1.82, 2.24) is 0 Å². The Morgan fingerprint density at radius 2 is 1.04 bits per heavy atom. The van der Waals surface area contributed by atoms with Gasteiger partial charge in [0.1, 0.15) is 0 Å². The van der Waals surface area contributed by atoms with E-state index in [-0.39, 0.29) is 41.1 Å². The van der Waals surface area contributed by atoms with Crippen LogP contribution in [0, 0.1) is 51.4 Å². The molecule has 0 amide bonds. The molecule has 131 valence electrons. The third-order valence-electron chi connectivity index (χ3n) is 4.47. The van der Waals surface area contributed by atoms with E-state index in [1.165, 1.54) is 25.7 Å². The zero-order chi connectivity index (χ0) is 14.9.